The first-order valence-electron chi connectivity index (χ1n) is 7.70. The number of thiophene rings is 1. The molecule has 1 aromatic heterocycles. The van der Waals surface area contributed by atoms with Gasteiger partial charge in [-0.15, -0.1) is 11.3 Å². The van der Waals surface area contributed by atoms with Crippen molar-refractivity contribution in [3.05, 3.63) is 52.2 Å². The molecule has 0 saturated heterocycles. The lowest BCUT2D eigenvalue weighted by molar-refractivity contribution is -0.121. The van der Waals surface area contributed by atoms with Gasteiger partial charge < -0.3 is 10.1 Å². The Morgan fingerprint density at radius 2 is 1.95 bits per heavy atom. The Kier molecular flexibility index (Phi) is 6.97. The maximum atomic E-state index is 11.8. The van der Waals surface area contributed by atoms with Crippen LogP contribution in [0.15, 0.2) is 41.8 Å². The number of unbranched alkanes of at least 4 members (excludes halogenated alkanes) is 1. The second-order valence-corrected chi connectivity index (χ2v) is 6.27. The minimum atomic E-state index is 0.152. The molecule has 0 aliphatic carbocycles. The minimum absolute atomic E-state index is 0.152. The molecule has 2 aromatic rings. The monoisotopic (exact) mass is 317 g/mol. The van der Waals surface area contributed by atoms with E-state index >= 15 is 0 Å². The summed E-state index contributed by atoms with van der Waals surface area (Å²) >= 11 is 1.79. The molecule has 0 unspecified atom stereocenters. The SMILES string of the molecule is COc1ccc(CCNC(=O)CCCCc2cccs2)cc1. The molecule has 0 atom stereocenters. The zero-order valence-electron chi connectivity index (χ0n) is 13.0. The van der Waals surface area contributed by atoms with E-state index in [1.807, 2.05) is 24.3 Å². The predicted octanol–water partition coefficient (Wildman–Crippen LogP) is 3.83. The Morgan fingerprint density at radius 1 is 1.14 bits per heavy atom. The molecular formula is C18H23NO2S. The first kappa shape index (κ1) is 16.6. The number of amides is 1. The average molecular weight is 317 g/mol. The number of ether oxygens (including phenoxy) is 1. The van der Waals surface area contributed by atoms with Gasteiger partial charge in [0.05, 0.1) is 7.11 Å². The van der Waals surface area contributed by atoms with Crippen LogP contribution in [0.25, 0.3) is 0 Å². The summed E-state index contributed by atoms with van der Waals surface area (Å²) in [5.74, 6) is 1.01. The van der Waals surface area contributed by atoms with Crippen molar-refractivity contribution < 1.29 is 9.53 Å². The van der Waals surface area contributed by atoms with Crippen LogP contribution in [0.5, 0.6) is 5.75 Å². The highest BCUT2D eigenvalue weighted by Gasteiger charge is 2.02. The van der Waals surface area contributed by atoms with Gasteiger partial charge in [-0.3, -0.25) is 4.79 Å². The van der Waals surface area contributed by atoms with Crippen molar-refractivity contribution in [1.29, 1.82) is 0 Å². The van der Waals surface area contributed by atoms with E-state index in [2.05, 4.69) is 22.8 Å². The summed E-state index contributed by atoms with van der Waals surface area (Å²) in [5, 5.41) is 5.08. The third-order valence-electron chi connectivity index (χ3n) is 3.55. The van der Waals surface area contributed by atoms with Crippen molar-refractivity contribution in [2.24, 2.45) is 0 Å². The molecular weight excluding hydrogens is 294 g/mol. The van der Waals surface area contributed by atoms with E-state index in [1.165, 1.54) is 10.4 Å². The Morgan fingerprint density at radius 3 is 2.64 bits per heavy atom. The van der Waals surface area contributed by atoms with Gasteiger partial charge in [0.2, 0.25) is 5.91 Å². The molecule has 0 aliphatic rings. The van der Waals surface area contributed by atoms with Crippen LogP contribution < -0.4 is 10.1 Å². The van der Waals surface area contributed by atoms with E-state index in [9.17, 15) is 4.79 Å². The molecule has 1 amide bonds. The van der Waals surface area contributed by atoms with Crippen LogP contribution in [0.3, 0.4) is 0 Å². The summed E-state index contributed by atoms with van der Waals surface area (Å²) in [5.41, 5.74) is 1.21. The van der Waals surface area contributed by atoms with Gasteiger partial charge in [-0.1, -0.05) is 18.2 Å². The number of benzene rings is 1. The molecule has 1 heterocycles. The van der Waals surface area contributed by atoms with E-state index in [0.29, 0.717) is 13.0 Å². The molecule has 0 aliphatic heterocycles. The van der Waals surface area contributed by atoms with Crippen molar-refractivity contribution >= 4 is 17.2 Å². The number of rotatable bonds is 9. The summed E-state index contributed by atoms with van der Waals surface area (Å²) in [6, 6.07) is 12.2. The fraction of sp³-hybridized carbons (Fsp3) is 0.389. The van der Waals surface area contributed by atoms with Crippen LogP contribution in [-0.4, -0.2) is 19.6 Å². The number of carbonyl (C=O) groups is 1. The van der Waals surface area contributed by atoms with Crippen LogP contribution >= 0.6 is 11.3 Å². The maximum absolute atomic E-state index is 11.8. The number of hydrogen-bond acceptors (Lipinski definition) is 3. The Hall–Kier alpha value is -1.81. The van der Waals surface area contributed by atoms with Gasteiger partial charge in [-0.2, -0.15) is 0 Å². The van der Waals surface area contributed by atoms with E-state index in [0.717, 1.165) is 31.4 Å². The standard InChI is InChI=1S/C18H23NO2S/c1-21-16-10-8-15(9-11-16)12-13-19-18(20)7-3-2-5-17-6-4-14-22-17/h4,6,8-11,14H,2-3,5,7,12-13H2,1H3,(H,19,20). The lowest BCUT2D eigenvalue weighted by Gasteiger charge is -2.06. The van der Waals surface area contributed by atoms with Gasteiger partial charge in [0.25, 0.3) is 0 Å². The second-order valence-electron chi connectivity index (χ2n) is 5.23. The molecule has 4 heteroatoms. The molecule has 0 spiro atoms. The van der Waals surface area contributed by atoms with E-state index in [-0.39, 0.29) is 5.91 Å². The molecule has 2 rings (SSSR count). The molecule has 0 bridgehead atoms. The molecule has 1 aromatic carbocycles. The van der Waals surface area contributed by atoms with Crippen molar-refractivity contribution in [1.82, 2.24) is 5.32 Å². The summed E-state index contributed by atoms with van der Waals surface area (Å²) in [6.07, 6.45) is 4.58. The highest BCUT2D eigenvalue weighted by molar-refractivity contribution is 7.09. The van der Waals surface area contributed by atoms with Crippen molar-refractivity contribution in [3.8, 4) is 5.75 Å². The Labute approximate surface area is 136 Å². The summed E-state index contributed by atoms with van der Waals surface area (Å²) in [6.45, 7) is 0.691. The predicted molar refractivity (Wildman–Crippen MR) is 91.6 cm³/mol. The summed E-state index contributed by atoms with van der Waals surface area (Å²) in [7, 11) is 1.66. The fourth-order valence-electron chi connectivity index (χ4n) is 2.27. The van der Waals surface area contributed by atoms with Crippen LogP contribution in [0.1, 0.15) is 29.7 Å². The molecule has 0 saturated carbocycles. The first-order chi connectivity index (χ1) is 10.8. The number of aryl methyl sites for hydroxylation is 1. The smallest absolute Gasteiger partial charge is 0.220 e. The zero-order valence-corrected chi connectivity index (χ0v) is 13.8. The second kappa shape index (κ2) is 9.26. The topological polar surface area (TPSA) is 38.3 Å². The van der Waals surface area contributed by atoms with Gasteiger partial charge in [0.1, 0.15) is 5.75 Å². The van der Waals surface area contributed by atoms with Crippen molar-refractivity contribution in [2.45, 2.75) is 32.1 Å². The summed E-state index contributed by atoms with van der Waals surface area (Å²) < 4.78 is 5.12. The third-order valence-corrected chi connectivity index (χ3v) is 4.49. The zero-order chi connectivity index (χ0) is 15.6. The van der Waals surface area contributed by atoms with E-state index in [1.54, 1.807) is 18.4 Å². The highest BCUT2D eigenvalue weighted by atomic mass is 32.1. The van der Waals surface area contributed by atoms with E-state index < -0.39 is 0 Å². The van der Waals surface area contributed by atoms with E-state index in [4.69, 9.17) is 4.74 Å². The van der Waals surface area contributed by atoms with Crippen LogP contribution in [0.4, 0.5) is 0 Å². The lowest BCUT2D eigenvalue weighted by Crippen LogP contribution is -2.25. The van der Waals surface area contributed by atoms with Gasteiger partial charge in [0.15, 0.2) is 0 Å². The summed E-state index contributed by atoms with van der Waals surface area (Å²) in [4.78, 5) is 13.2. The molecule has 1 N–H and O–H groups in total. The number of hydrogen-bond donors (Lipinski definition) is 1. The minimum Gasteiger partial charge on any atom is -0.497 e. The van der Waals surface area contributed by atoms with Gasteiger partial charge in [-0.05, 0) is 54.8 Å². The third kappa shape index (κ3) is 5.90. The molecule has 22 heavy (non-hydrogen) atoms. The van der Waals surface area contributed by atoms with Crippen LogP contribution in [0, 0.1) is 0 Å². The highest BCUT2D eigenvalue weighted by Crippen LogP contribution is 2.13. The first-order valence-corrected chi connectivity index (χ1v) is 8.58. The Bertz CT molecular complexity index is 549. The number of nitrogens with one attached hydrogen (secondary N) is 1. The normalized spacial score (nSPS) is 10.4. The van der Waals surface area contributed by atoms with Gasteiger partial charge in [-0.25, -0.2) is 0 Å². The van der Waals surface area contributed by atoms with Crippen LogP contribution in [-0.2, 0) is 17.6 Å². The maximum Gasteiger partial charge on any atom is 0.220 e. The van der Waals surface area contributed by atoms with Gasteiger partial charge >= 0.3 is 0 Å². The van der Waals surface area contributed by atoms with Crippen LogP contribution in [0.2, 0.25) is 0 Å². The Balaban J connectivity index is 1.55. The quantitative estimate of drug-likeness (QED) is 0.714. The molecule has 118 valence electrons. The van der Waals surface area contributed by atoms with Gasteiger partial charge in [0, 0.05) is 17.8 Å². The molecule has 0 fully saturated rings. The average Bonchev–Trinajstić information content (AvgIpc) is 3.06. The molecule has 0 radical (unpaired) electrons. The lowest BCUT2D eigenvalue weighted by atomic mass is 10.1. The van der Waals surface area contributed by atoms with Crippen molar-refractivity contribution in [2.75, 3.05) is 13.7 Å². The number of carbonyl (C=O) groups excluding carboxylic acids is 1. The van der Waals surface area contributed by atoms with Crippen molar-refractivity contribution in [3.63, 3.8) is 0 Å². The molecule has 3 nitrogen and oxygen atoms in total. The number of methoxy groups -OCH3 is 1. The fourth-order valence-corrected chi connectivity index (χ4v) is 3.02. The largest absolute Gasteiger partial charge is 0.497 e.